The standard InChI is InChI=1S/C17H18ClNO2S/c1-11-2-8-14(9-3-11)22(20,21)17-15(10-19)16(17)12-4-6-13(18)7-5-12/h2-9,15-17H,10,19H2,1H3/t15-,16-,17+/m0/s1. The molecule has 0 unspecified atom stereocenters. The maximum atomic E-state index is 12.8. The molecule has 2 aromatic rings. The third kappa shape index (κ3) is 2.67. The van der Waals surface area contributed by atoms with Gasteiger partial charge in [0, 0.05) is 10.9 Å². The molecule has 3 nitrogen and oxygen atoms in total. The zero-order valence-electron chi connectivity index (χ0n) is 12.2. The Morgan fingerprint density at radius 1 is 1.05 bits per heavy atom. The number of halogens is 1. The van der Waals surface area contributed by atoms with E-state index in [1.54, 1.807) is 24.3 Å². The van der Waals surface area contributed by atoms with Crippen molar-refractivity contribution in [1.82, 2.24) is 0 Å². The summed E-state index contributed by atoms with van der Waals surface area (Å²) in [6.07, 6.45) is 0. The third-order valence-electron chi connectivity index (χ3n) is 4.33. The molecule has 0 radical (unpaired) electrons. The topological polar surface area (TPSA) is 60.2 Å². The second kappa shape index (κ2) is 5.69. The second-order valence-electron chi connectivity index (χ2n) is 5.80. The fourth-order valence-electron chi connectivity index (χ4n) is 3.05. The quantitative estimate of drug-likeness (QED) is 0.933. The summed E-state index contributed by atoms with van der Waals surface area (Å²) in [7, 11) is -3.36. The van der Waals surface area contributed by atoms with Gasteiger partial charge in [0.15, 0.2) is 9.84 Å². The summed E-state index contributed by atoms with van der Waals surface area (Å²) in [4.78, 5) is 0.373. The normalized spacial score (nSPS) is 24.2. The molecule has 3 rings (SSSR count). The zero-order valence-corrected chi connectivity index (χ0v) is 13.8. The highest BCUT2D eigenvalue weighted by atomic mass is 35.5. The van der Waals surface area contributed by atoms with E-state index in [0.717, 1.165) is 11.1 Å². The summed E-state index contributed by atoms with van der Waals surface area (Å²) in [5.41, 5.74) is 7.82. The zero-order chi connectivity index (χ0) is 15.9. The Bertz CT molecular complexity index is 769. The number of hydrogen-bond acceptors (Lipinski definition) is 3. The van der Waals surface area contributed by atoms with E-state index >= 15 is 0 Å². The highest BCUT2D eigenvalue weighted by Gasteiger charge is 2.57. The van der Waals surface area contributed by atoms with Crippen LogP contribution >= 0.6 is 11.6 Å². The number of benzene rings is 2. The molecule has 0 aromatic heterocycles. The minimum atomic E-state index is -3.36. The van der Waals surface area contributed by atoms with Gasteiger partial charge in [-0.1, -0.05) is 41.4 Å². The van der Waals surface area contributed by atoms with E-state index in [-0.39, 0.29) is 11.8 Å². The molecule has 2 aromatic carbocycles. The van der Waals surface area contributed by atoms with Crippen LogP contribution in [0.25, 0.3) is 0 Å². The summed E-state index contributed by atoms with van der Waals surface area (Å²) in [5.74, 6) is -0.0824. The van der Waals surface area contributed by atoms with Gasteiger partial charge < -0.3 is 5.73 Å². The predicted molar refractivity (Wildman–Crippen MR) is 88.9 cm³/mol. The van der Waals surface area contributed by atoms with Gasteiger partial charge in [-0.2, -0.15) is 0 Å². The molecule has 1 aliphatic carbocycles. The molecule has 0 saturated heterocycles. The maximum Gasteiger partial charge on any atom is 0.182 e. The van der Waals surface area contributed by atoms with Gasteiger partial charge in [0.1, 0.15) is 0 Å². The maximum absolute atomic E-state index is 12.8. The largest absolute Gasteiger partial charge is 0.330 e. The van der Waals surface area contributed by atoms with Crippen LogP contribution in [0, 0.1) is 12.8 Å². The van der Waals surface area contributed by atoms with Gasteiger partial charge in [-0.15, -0.1) is 0 Å². The van der Waals surface area contributed by atoms with Crippen LogP contribution in [-0.2, 0) is 9.84 Å². The lowest BCUT2D eigenvalue weighted by atomic mass is 10.1. The summed E-state index contributed by atoms with van der Waals surface area (Å²) < 4.78 is 25.7. The summed E-state index contributed by atoms with van der Waals surface area (Å²) in [6.45, 7) is 2.30. The van der Waals surface area contributed by atoms with Crippen molar-refractivity contribution in [2.24, 2.45) is 11.7 Å². The monoisotopic (exact) mass is 335 g/mol. The highest BCUT2D eigenvalue weighted by Crippen LogP contribution is 2.53. The molecule has 5 heteroatoms. The first-order chi connectivity index (χ1) is 10.4. The lowest BCUT2D eigenvalue weighted by molar-refractivity contribution is 0.591. The number of rotatable bonds is 4. The van der Waals surface area contributed by atoms with Crippen molar-refractivity contribution in [2.45, 2.75) is 23.0 Å². The molecule has 22 heavy (non-hydrogen) atoms. The molecular weight excluding hydrogens is 318 g/mol. The van der Waals surface area contributed by atoms with Crippen molar-refractivity contribution in [3.63, 3.8) is 0 Å². The average molecular weight is 336 g/mol. The Balaban J connectivity index is 1.93. The summed E-state index contributed by atoms with van der Waals surface area (Å²) in [6, 6.07) is 14.4. The van der Waals surface area contributed by atoms with Gasteiger partial charge in [0.05, 0.1) is 10.1 Å². The van der Waals surface area contributed by atoms with E-state index in [9.17, 15) is 8.42 Å². The van der Waals surface area contributed by atoms with Crippen molar-refractivity contribution in [2.75, 3.05) is 6.54 Å². The molecule has 0 bridgehead atoms. The molecule has 0 spiro atoms. The van der Waals surface area contributed by atoms with Crippen LogP contribution in [0.15, 0.2) is 53.4 Å². The van der Waals surface area contributed by atoms with E-state index in [1.165, 1.54) is 0 Å². The van der Waals surface area contributed by atoms with E-state index in [4.69, 9.17) is 17.3 Å². The second-order valence-corrected chi connectivity index (χ2v) is 8.34. The number of aryl methyl sites for hydroxylation is 1. The van der Waals surface area contributed by atoms with Crippen LogP contribution in [0.3, 0.4) is 0 Å². The van der Waals surface area contributed by atoms with E-state index in [2.05, 4.69) is 0 Å². The lowest BCUT2D eigenvalue weighted by Gasteiger charge is -2.05. The van der Waals surface area contributed by atoms with Crippen LogP contribution in [0.5, 0.6) is 0 Å². The smallest absolute Gasteiger partial charge is 0.182 e. The predicted octanol–water partition coefficient (Wildman–Crippen LogP) is 3.16. The molecule has 116 valence electrons. The van der Waals surface area contributed by atoms with Crippen molar-refractivity contribution in [3.8, 4) is 0 Å². The van der Waals surface area contributed by atoms with E-state index < -0.39 is 15.1 Å². The van der Waals surface area contributed by atoms with Crippen LogP contribution in [0.1, 0.15) is 17.0 Å². The summed E-state index contributed by atoms with van der Waals surface area (Å²) in [5, 5.41) is 0.202. The third-order valence-corrected chi connectivity index (χ3v) is 6.87. The highest BCUT2D eigenvalue weighted by molar-refractivity contribution is 7.92. The fraction of sp³-hybridized carbons (Fsp3) is 0.294. The molecule has 3 atom stereocenters. The fourth-order valence-corrected chi connectivity index (χ4v) is 5.40. The average Bonchev–Trinajstić information content (AvgIpc) is 3.24. The van der Waals surface area contributed by atoms with Gasteiger partial charge in [0.2, 0.25) is 0 Å². The van der Waals surface area contributed by atoms with Gasteiger partial charge in [0.25, 0.3) is 0 Å². The molecule has 1 aliphatic rings. The van der Waals surface area contributed by atoms with Crippen molar-refractivity contribution in [3.05, 3.63) is 64.7 Å². The first-order valence-electron chi connectivity index (χ1n) is 7.21. The van der Waals surface area contributed by atoms with Crippen LogP contribution in [0.4, 0.5) is 0 Å². The van der Waals surface area contributed by atoms with Crippen LogP contribution < -0.4 is 5.73 Å². The first-order valence-corrected chi connectivity index (χ1v) is 9.13. The van der Waals surface area contributed by atoms with Gasteiger partial charge >= 0.3 is 0 Å². The van der Waals surface area contributed by atoms with Crippen molar-refractivity contribution >= 4 is 21.4 Å². The van der Waals surface area contributed by atoms with Gasteiger partial charge in [-0.05, 0) is 49.2 Å². The van der Waals surface area contributed by atoms with Crippen molar-refractivity contribution in [1.29, 1.82) is 0 Å². The number of nitrogens with two attached hydrogens (primary N) is 1. The first kappa shape index (κ1) is 15.5. The minimum Gasteiger partial charge on any atom is -0.330 e. The molecule has 1 saturated carbocycles. The molecule has 0 aliphatic heterocycles. The van der Waals surface area contributed by atoms with Crippen LogP contribution in [-0.4, -0.2) is 20.2 Å². The van der Waals surface area contributed by atoms with Gasteiger partial charge in [-0.25, -0.2) is 8.42 Å². The van der Waals surface area contributed by atoms with Crippen molar-refractivity contribution < 1.29 is 8.42 Å². The van der Waals surface area contributed by atoms with E-state index in [1.807, 2.05) is 31.2 Å². The molecular formula is C17H18ClNO2S. The molecule has 1 fully saturated rings. The minimum absolute atomic E-state index is 0.0347. The van der Waals surface area contributed by atoms with Gasteiger partial charge in [-0.3, -0.25) is 0 Å². The lowest BCUT2D eigenvalue weighted by Crippen LogP contribution is -2.13. The number of hydrogen-bond donors (Lipinski definition) is 1. The molecule has 2 N–H and O–H groups in total. The Kier molecular flexibility index (Phi) is 4.02. The van der Waals surface area contributed by atoms with E-state index in [0.29, 0.717) is 16.5 Å². The Morgan fingerprint density at radius 3 is 2.18 bits per heavy atom. The molecule has 0 heterocycles. The Morgan fingerprint density at radius 2 is 1.64 bits per heavy atom. The number of sulfone groups is 1. The Labute approximate surface area is 136 Å². The molecule has 0 amide bonds. The Hall–Kier alpha value is -1.36. The summed E-state index contributed by atoms with van der Waals surface area (Å²) >= 11 is 5.90. The van der Waals surface area contributed by atoms with Crippen LogP contribution in [0.2, 0.25) is 5.02 Å². The SMILES string of the molecule is Cc1ccc(S(=O)(=O)[C@@H]2[C@@H](CN)[C@@H]2c2ccc(Cl)cc2)cc1.